The Morgan fingerprint density at radius 2 is 1.74 bits per heavy atom. The molecule has 0 aliphatic carbocycles. The van der Waals surface area contributed by atoms with Crippen LogP contribution in [-0.2, 0) is 33.9 Å². The van der Waals surface area contributed by atoms with E-state index in [1.807, 2.05) is 81.3 Å². The standard InChI is InChI=1S/C40H58N6O6S/c1-26(2)32(20-41-39(51)52-24-30-25-53-38(42-30)27(3)4)36(49)43-33(19-28-12-9-8-10-13-28)35(48)23-46-17-16-45(21-29-14-11-15-31(47)18-29)22-34(46)37(50)44-40(5,6)7/h8-15,18,25-27,32-35,47-48H,16-17,19-24H2,1-7H3,(H,41,51)(H,43,49)(H,44,50)/t32-,33+,34+,35-/m0/s1. The van der Waals surface area contributed by atoms with Gasteiger partial charge in [-0.1, -0.05) is 70.2 Å². The summed E-state index contributed by atoms with van der Waals surface area (Å²) in [5.41, 5.74) is 2.12. The average Bonchev–Trinajstić information content (AvgIpc) is 3.57. The molecule has 0 bridgehead atoms. The molecular weight excluding hydrogens is 693 g/mol. The number of hydrogen-bond acceptors (Lipinski definition) is 10. The zero-order valence-electron chi connectivity index (χ0n) is 32.2. The molecule has 2 heterocycles. The summed E-state index contributed by atoms with van der Waals surface area (Å²) in [6.45, 7) is 16.2. The van der Waals surface area contributed by atoms with Crippen LogP contribution in [-0.4, -0.2) is 99.4 Å². The van der Waals surface area contributed by atoms with Gasteiger partial charge in [-0.15, -0.1) is 11.3 Å². The highest BCUT2D eigenvalue weighted by Gasteiger charge is 2.37. The molecule has 12 nitrogen and oxygen atoms in total. The molecule has 0 saturated carbocycles. The Hall–Kier alpha value is -4.04. The summed E-state index contributed by atoms with van der Waals surface area (Å²) in [6, 6.07) is 15.5. The monoisotopic (exact) mass is 750 g/mol. The van der Waals surface area contributed by atoms with Crippen molar-refractivity contribution in [3.05, 3.63) is 81.8 Å². The van der Waals surface area contributed by atoms with Crippen molar-refractivity contribution >= 4 is 29.2 Å². The molecule has 53 heavy (non-hydrogen) atoms. The van der Waals surface area contributed by atoms with Crippen LogP contribution >= 0.6 is 11.3 Å². The van der Waals surface area contributed by atoms with Crippen molar-refractivity contribution in [2.45, 2.75) is 97.7 Å². The molecule has 1 aliphatic rings. The van der Waals surface area contributed by atoms with Crippen LogP contribution in [0, 0.1) is 11.8 Å². The first-order valence-electron chi connectivity index (χ1n) is 18.5. The molecule has 290 valence electrons. The normalized spacial score (nSPS) is 17.3. The van der Waals surface area contributed by atoms with Crippen LogP contribution in [0.3, 0.4) is 0 Å². The number of amides is 3. The number of nitrogens with one attached hydrogen (secondary N) is 3. The smallest absolute Gasteiger partial charge is 0.407 e. The Morgan fingerprint density at radius 3 is 2.38 bits per heavy atom. The minimum Gasteiger partial charge on any atom is -0.508 e. The number of β-amino-alcohol motifs (C(OH)–C–C–N with tert-alkyl or cyclic N) is 1. The zero-order chi connectivity index (χ0) is 38.7. The van der Waals surface area contributed by atoms with Gasteiger partial charge in [0.1, 0.15) is 18.4 Å². The summed E-state index contributed by atoms with van der Waals surface area (Å²) in [5, 5.41) is 33.7. The van der Waals surface area contributed by atoms with Crippen LogP contribution in [0.4, 0.5) is 4.79 Å². The molecule has 4 atom stereocenters. The molecular formula is C40H58N6O6S. The van der Waals surface area contributed by atoms with Crippen LogP contribution in [0.15, 0.2) is 60.0 Å². The minimum absolute atomic E-state index is 0.0395. The molecule has 0 spiro atoms. The number of phenols is 1. The number of benzene rings is 2. The molecule has 1 aromatic heterocycles. The van der Waals surface area contributed by atoms with Gasteiger partial charge in [0.2, 0.25) is 11.8 Å². The third kappa shape index (κ3) is 13.4. The van der Waals surface area contributed by atoms with E-state index < -0.39 is 35.7 Å². The van der Waals surface area contributed by atoms with E-state index in [-0.39, 0.29) is 43.2 Å². The summed E-state index contributed by atoms with van der Waals surface area (Å²) < 4.78 is 5.39. The molecule has 0 unspecified atom stereocenters. The van der Waals surface area contributed by atoms with E-state index in [2.05, 4.69) is 39.7 Å². The third-order valence-corrected chi connectivity index (χ3v) is 10.4. The summed E-state index contributed by atoms with van der Waals surface area (Å²) >= 11 is 1.53. The fourth-order valence-corrected chi connectivity index (χ4v) is 7.15. The first kappa shape index (κ1) is 41.7. The highest BCUT2D eigenvalue weighted by molar-refractivity contribution is 7.09. The number of aliphatic hydroxyl groups excluding tert-OH is 1. The van der Waals surface area contributed by atoms with Gasteiger partial charge in [0.25, 0.3) is 0 Å². The van der Waals surface area contributed by atoms with Gasteiger partial charge in [-0.3, -0.25) is 19.4 Å². The number of aromatic hydroxyl groups is 1. The van der Waals surface area contributed by atoms with Gasteiger partial charge in [0.15, 0.2) is 0 Å². The van der Waals surface area contributed by atoms with Gasteiger partial charge in [-0.05, 0) is 56.4 Å². The molecule has 1 aliphatic heterocycles. The lowest BCUT2D eigenvalue weighted by Crippen LogP contribution is -2.63. The maximum Gasteiger partial charge on any atom is 0.407 e. The SMILES string of the molecule is CC(C)c1nc(COC(=O)NC[C@H](C(=O)N[C@H](Cc2ccccc2)[C@@H](O)CN2CCN(Cc3cccc(O)c3)C[C@@H]2C(=O)NC(C)(C)C)C(C)C)cs1. The van der Waals surface area contributed by atoms with E-state index in [0.29, 0.717) is 44.2 Å². The minimum atomic E-state index is -1.01. The van der Waals surface area contributed by atoms with Crippen molar-refractivity contribution in [2.75, 3.05) is 32.7 Å². The Labute approximate surface area is 318 Å². The van der Waals surface area contributed by atoms with E-state index >= 15 is 0 Å². The van der Waals surface area contributed by atoms with Crippen molar-refractivity contribution in [1.29, 1.82) is 0 Å². The van der Waals surface area contributed by atoms with E-state index in [9.17, 15) is 24.6 Å². The van der Waals surface area contributed by atoms with Gasteiger partial charge in [-0.2, -0.15) is 0 Å². The van der Waals surface area contributed by atoms with Gasteiger partial charge < -0.3 is 30.9 Å². The third-order valence-electron chi connectivity index (χ3n) is 9.23. The van der Waals surface area contributed by atoms with Crippen LogP contribution in [0.2, 0.25) is 0 Å². The van der Waals surface area contributed by atoms with Gasteiger partial charge >= 0.3 is 6.09 Å². The number of ether oxygens (including phenoxy) is 1. The van der Waals surface area contributed by atoms with E-state index in [4.69, 9.17) is 4.74 Å². The Bertz CT molecular complexity index is 1630. The summed E-state index contributed by atoms with van der Waals surface area (Å²) in [5.74, 6) is -0.659. The van der Waals surface area contributed by atoms with Crippen molar-refractivity contribution in [3.8, 4) is 5.75 Å². The molecule has 1 fully saturated rings. The summed E-state index contributed by atoms with van der Waals surface area (Å²) in [4.78, 5) is 48.9. The van der Waals surface area contributed by atoms with Crippen LogP contribution in [0.5, 0.6) is 5.75 Å². The number of carbonyl (C=O) groups excluding carboxylic acids is 3. The van der Waals surface area contributed by atoms with Crippen LogP contribution < -0.4 is 16.0 Å². The zero-order valence-corrected chi connectivity index (χ0v) is 33.0. The number of thiazole rings is 1. The van der Waals surface area contributed by atoms with E-state index in [0.717, 1.165) is 16.1 Å². The quantitative estimate of drug-likeness (QED) is 0.141. The number of alkyl carbamates (subject to hydrolysis) is 1. The van der Waals surface area contributed by atoms with Crippen molar-refractivity contribution in [1.82, 2.24) is 30.7 Å². The fourth-order valence-electron chi connectivity index (χ4n) is 6.33. The van der Waals surface area contributed by atoms with Gasteiger partial charge in [0.05, 0.1) is 28.8 Å². The largest absolute Gasteiger partial charge is 0.508 e. The number of carbonyl (C=O) groups is 3. The van der Waals surface area contributed by atoms with E-state index in [1.54, 1.807) is 18.2 Å². The molecule has 13 heteroatoms. The molecule has 5 N–H and O–H groups in total. The summed E-state index contributed by atoms with van der Waals surface area (Å²) in [6.07, 6.45) is -1.27. The van der Waals surface area contributed by atoms with E-state index in [1.165, 1.54) is 11.3 Å². The first-order chi connectivity index (χ1) is 25.1. The highest BCUT2D eigenvalue weighted by atomic mass is 32.1. The van der Waals surface area contributed by atoms with Crippen molar-refractivity contribution in [2.24, 2.45) is 11.8 Å². The van der Waals surface area contributed by atoms with Crippen molar-refractivity contribution < 1.29 is 29.3 Å². The average molecular weight is 751 g/mol. The molecule has 2 aromatic carbocycles. The molecule has 4 rings (SSSR count). The second-order valence-corrected chi connectivity index (χ2v) is 16.6. The summed E-state index contributed by atoms with van der Waals surface area (Å²) in [7, 11) is 0. The lowest BCUT2D eigenvalue weighted by Gasteiger charge is -2.43. The maximum absolute atomic E-state index is 13.9. The Kier molecular flexibility index (Phi) is 15.2. The van der Waals surface area contributed by atoms with Gasteiger partial charge in [0, 0.05) is 56.1 Å². The second-order valence-electron chi connectivity index (χ2n) is 15.7. The van der Waals surface area contributed by atoms with Gasteiger partial charge in [-0.25, -0.2) is 9.78 Å². The molecule has 1 saturated heterocycles. The number of piperazine rings is 1. The number of rotatable bonds is 16. The number of aromatic nitrogens is 1. The van der Waals surface area contributed by atoms with Crippen LogP contribution in [0.25, 0.3) is 0 Å². The van der Waals surface area contributed by atoms with Crippen molar-refractivity contribution in [3.63, 3.8) is 0 Å². The molecule has 3 aromatic rings. The fraction of sp³-hybridized carbons (Fsp3) is 0.550. The Balaban J connectivity index is 1.44. The maximum atomic E-state index is 13.9. The number of nitrogens with zero attached hydrogens (tertiary/aromatic N) is 3. The number of hydrogen-bond donors (Lipinski definition) is 5. The van der Waals surface area contributed by atoms with Crippen LogP contribution in [0.1, 0.15) is 76.2 Å². The Morgan fingerprint density at radius 1 is 1.02 bits per heavy atom. The number of phenolic OH excluding ortho intramolecular Hbond substituents is 1. The first-order valence-corrected chi connectivity index (χ1v) is 19.4. The molecule has 3 amide bonds. The topological polar surface area (TPSA) is 156 Å². The lowest BCUT2D eigenvalue weighted by atomic mass is 9.93. The predicted molar refractivity (Wildman–Crippen MR) is 207 cm³/mol. The number of aliphatic hydroxyl groups is 1. The molecule has 0 radical (unpaired) electrons. The second kappa shape index (κ2) is 19.3. The predicted octanol–water partition coefficient (Wildman–Crippen LogP) is 4.66. The lowest BCUT2D eigenvalue weighted by molar-refractivity contribution is -0.132. The highest BCUT2D eigenvalue weighted by Crippen LogP contribution is 2.21.